The summed E-state index contributed by atoms with van der Waals surface area (Å²) in [6.07, 6.45) is 0. The molecule has 0 aliphatic heterocycles. The molecule has 0 amide bonds. The van der Waals surface area contributed by atoms with E-state index in [1.807, 2.05) is 39.2 Å². The summed E-state index contributed by atoms with van der Waals surface area (Å²) in [6.45, 7) is 1.92. The molecule has 19 heavy (non-hydrogen) atoms. The van der Waals surface area contributed by atoms with E-state index in [4.69, 9.17) is 17.3 Å². The first kappa shape index (κ1) is 13.4. The van der Waals surface area contributed by atoms with Crippen LogP contribution in [-0.4, -0.2) is 29.0 Å². The Bertz CT molecular complexity index is 599. The summed E-state index contributed by atoms with van der Waals surface area (Å²) < 4.78 is 0. The van der Waals surface area contributed by atoms with Gasteiger partial charge in [-0.15, -0.1) is 0 Å². The minimum absolute atomic E-state index is 0.167. The molecule has 1 aromatic carbocycles. The molecule has 1 aromatic heterocycles. The normalized spacial score (nSPS) is 10.3. The number of halogens is 1. The first-order chi connectivity index (χ1) is 8.97. The van der Waals surface area contributed by atoms with E-state index in [1.165, 1.54) is 0 Å². The van der Waals surface area contributed by atoms with E-state index in [9.17, 15) is 0 Å². The van der Waals surface area contributed by atoms with Gasteiger partial charge in [0.25, 0.3) is 0 Å². The molecular weight excluding hydrogens is 264 g/mol. The number of benzene rings is 1. The fourth-order valence-corrected chi connectivity index (χ4v) is 1.67. The largest absolute Gasteiger partial charge is 0.368 e. The summed E-state index contributed by atoms with van der Waals surface area (Å²) in [5, 5.41) is 3.78. The molecule has 7 heteroatoms. The smallest absolute Gasteiger partial charge is 0.233 e. The van der Waals surface area contributed by atoms with Gasteiger partial charge in [0.2, 0.25) is 17.8 Å². The Hall–Kier alpha value is -2.08. The Morgan fingerprint density at radius 3 is 2.63 bits per heavy atom. The second-order valence-corrected chi connectivity index (χ2v) is 4.66. The van der Waals surface area contributed by atoms with Gasteiger partial charge in [-0.2, -0.15) is 15.0 Å². The second-order valence-electron chi connectivity index (χ2n) is 4.25. The van der Waals surface area contributed by atoms with Gasteiger partial charge in [-0.3, -0.25) is 0 Å². The van der Waals surface area contributed by atoms with Gasteiger partial charge in [-0.25, -0.2) is 0 Å². The van der Waals surface area contributed by atoms with Gasteiger partial charge in [0, 0.05) is 24.8 Å². The zero-order valence-electron chi connectivity index (χ0n) is 11.0. The standard InChI is InChI=1S/C12H15ClN6/c1-7-8(13)5-4-6-9(7)15-11-16-10(14)17-12(18-11)19(2)3/h4-6H,1-3H3,(H3,14,15,16,17,18). The van der Waals surface area contributed by atoms with E-state index < -0.39 is 0 Å². The van der Waals surface area contributed by atoms with Crippen molar-refractivity contribution >= 4 is 35.1 Å². The highest BCUT2D eigenvalue weighted by Gasteiger charge is 2.08. The van der Waals surface area contributed by atoms with Crippen LogP contribution in [0.4, 0.5) is 23.5 Å². The lowest BCUT2D eigenvalue weighted by atomic mass is 10.2. The highest BCUT2D eigenvalue weighted by Crippen LogP contribution is 2.25. The van der Waals surface area contributed by atoms with Crippen molar-refractivity contribution in [1.29, 1.82) is 0 Å². The van der Waals surface area contributed by atoms with Crippen LogP contribution in [0.2, 0.25) is 5.02 Å². The first-order valence-electron chi connectivity index (χ1n) is 5.68. The monoisotopic (exact) mass is 278 g/mol. The summed E-state index contributed by atoms with van der Waals surface area (Å²) >= 11 is 6.07. The molecule has 0 bridgehead atoms. The van der Waals surface area contributed by atoms with Crippen molar-refractivity contribution in [2.24, 2.45) is 0 Å². The fourth-order valence-electron chi connectivity index (χ4n) is 1.50. The van der Waals surface area contributed by atoms with Crippen molar-refractivity contribution < 1.29 is 0 Å². The topological polar surface area (TPSA) is 80.0 Å². The van der Waals surface area contributed by atoms with E-state index in [0.717, 1.165) is 11.3 Å². The van der Waals surface area contributed by atoms with Crippen LogP contribution in [0.25, 0.3) is 0 Å². The molecule has 100 valence electrons. The lowest BCUT2D eigenvalue weighted by Crippen LogP contribution is -2.15. The van der Waals surface area contributed by atoms with E-state index >= 15 is 0 Å². The number of rotatable bonds is 3. The quantitative estimate of drug-likeness (QED) is 0.896. The van der Waals surface area contributed by atoms with Crippen molar-refractivity contribution in [3.63, 3.8) is 0 Å². The van der Waals surface area contributed by atoms with Gasteiger partial charge in [0.1, 0.15) is 0 Å². The number of nitrogens with two attached hydrogens (primary N) is 1. The maximum absolute atomic E-state index is 6.07. The molecule has 0 saturated heterocycles. The minimum Gasteiger partial charge on any atom is -0.368 e. The molecule has 2 rings (SSSR count). The highest BCUT2D eigenvalue weighted by atomic mass is 35.5. The van der Waals surface area contributed by atoms with Gasteiger partial charge in [0.05, 0.1) is 0 Å². The molecule has 0 fully saturated rings. The molecule has 6 nitrogen and oxygen atoms in total. The second kappa shape index (κ2) is 5.27. The predicted molar refractivity (Wildman–Crippen MR) is 78.0 cm³/mol. The van der Waals surface area contributed by atoms with Crippen LogP contribution in [-0.2, 0) is 0 Å². The van der Waals surface area contributed by atoms with E-state index in [2.05, 4.69) is 20.3 Å². The Kier molecular flexibility index (Phi) is 3.71. The van der Waals surface area contributed by atoms with Crippen molar-refractivity contribution in [3.05, 3.63) is 28.8 Å². The Balaban J connectivity index is 2.35. The summed E-state index contributed by atoms with van der Waals surface area (Å²) in [5.41, 5.74) is 7.43. The molecule has 0 atom stereocenters. The van der Waals surface area contributed by atoms with Crippen molar-refractivity contribution in [2.45, 2.75) is 6.92 Å². The molecule has 0 unspecified atom stereocenters. The number of hydrogen-bond donors (Lipinski definition) is 2. The molecule has 0 radical (unpaired) electrons. The molecular formula is C12H15ClN6. The third-order valence-corrected chi connectivity index (χ3v) is 2.96. The molecule has 0 aliphatic rings. The molecule has 2 aromatic rings. The molecule has 0 saturated carbocycles. The fraction of sp³-hybridized carbons (Fsp3) is 0.250. The SMILES string of the molecule is Cc1c(Cl)cccc1Nc1nc(N)nc(N(C)C)n1. The Morgan fingerprint density at radius 1 is 1.21 bits per heavy atom. The number of hydrogen-bond acceptors (Lipinski definition) is 6. The number of aromatic nitrogens is 3. The van der Waals surface area contributed by atoms with Crippen LogP contribution < -0.4 is 16.0 Å². The number of nitrogens with one attached hydrogen (secondary N) is 1. The third kappa shape index (κ3) is 3.03. The van der Waals surface area contributed by atoms with Crippen LogP contribution in [0.15, 0.2) is 18.2 Å². The van der Waals surface area contributed by atoms with Crippen molar-refractivity contribution in [3.8, 4) is 0 Å². The number of nitrogen functional groups attached to an aromatic ring is 1. The summed E-state index contributed by atoms with van der Waals surface area (Å²) in [6, 6.07) is 5.58. The first-order valence-corrected chi connectivity index (χ1v) is 6.06. The van der Waals surface area contributed by atoms with Crippen molar-refractivity contribution in [1.82, 2.24) is 15.0 Å². The number of nitrogens with zero attached hydrogens (tertiary/aromatic N) is 4. The maximum atomic E-state index is 6.07. The minimum atomic E-state index is 0.167. The Morgan fingerprint density at radius 2 is 1.95 bits per heavy atom. The van der Waals surface area contributed by atoms with E-state index in [0.29, 0.717) is 16.9 Å². The zero-order chi connectivity index (χ0) is 14.0. The van der Waals surface area contributed by atoms with Gasteiger partial charge < -0.3 is 16.0 Å². The third-order valence-electron chi connectivity index (χ3n) is 2.56. The van der Waals surface area contributed by atoms with Crippen LogP contribution in [0, 0.1) is 6.92 Å². The van der Waals surface area contributed by atoms with Crippen molar-refractivity contribution in [2.75, 3.05) is 30.0 Å². The van der Waals surface area contributed by atoms with E-state index in [-0.39, 0.29) is 5.95 Å². The highest BCUT2D eigenvalue weighted by molar-refractivity contribution is 6.31. The molecule has 3 N–H and O–H groups in total. The van der Waals surface area contributed by atoms with Crippen LogP contribution in [0.5, 0.6) is 0 Å². The molecule has 0 aliphatic carbocycles. The maximum Gasteiger partial charge on any atom is 0.233 e. The zero-order valence-corrected chi connectivity index (χ0v) is 11.7. The van der Waals surface area contributed by atoms with Crippen LogP contribution in [0.3, 0.4) is 0 Å². The lowest BCUT2D eigenvalue weighted by molar-refractivity contribution is 0.969. The van der Waals surface area contributed by atoms with E-state index in [1.54, 1.807) is 4.90 Å². The van der Waals surface area contributed by atoms with Gasteiger partial charge in [0.15, 0.2) is 0 Å². The Labute approximate surface area is 116 Å². The van der Waals surface area contributed by atoms with Crippen LogP contribution >= 0.6 is 11.6 Å². The lowest BCUT2D eigenvalue weighted by Gasteiger charge is -2.13. The number of anilines is 4. The van der Waals surface area contributed by atoms with Gasteiger partial charge >= 0.3 is 0 Å². The summed E-state index contributed by atoms with van der Waals surface area (Å²) in [7, 11) is 3.67. The average Bonchev–Trinajstić information content (AvgIpc) is 2.34. The van der Waals surface area contributed by atoms with Crippen LogP contribution in [0.1, 0.15) is 5.56 Å². The predicted octanol–water partition coefficient (Wildman–Crippen LogP) is 2.23. The van der Waals surface area contributed by atoms with Gasteiger partial charge in [-0.05, 0) is 24.6 Å². The molecule has 0 spiro atoms. The summed E-state index contributed by atoms with van der Waals surface area (Å²) in [4.78, 5) is 14.1. The average molecular weight is 279 g/mol. The molecule has 1 heterocycles. The van der Waals surface area contributed by atoms with Gasteiger partial charge in [-0.1, -0.05) is 17.7 Å². The summed E-state index contributed by atoms with van der Waals surface area (Å²) in [5.74, 6) is 1.05.